The number of aromatic nitrogens is 6. The molecule has 6 aromatic rings. The summed E-state index contributed by atoms with van der Waals surface area (Å²) in [6.07, 6.45) is 0.539. The van der Waals surface area contributed by atoms with Crippen LogP contribution in [0.25, 0.3) is 27.8 Å². The highest BCUT2D eigenvalue weighted by Gasteiger charge is 2.35. The Balaban J connectivity index is 1.40. The molecule has 0 aliphatic heterocycles. The standard InChI is InChI=1S/C30H22F3N7O4S/c1-17-3-6-23(7-4-17)45(43,44)39-10-9-19-13-22(5-8-25(19)39)36-29-35-16-24(20-12-21(28(41)42)15-34-14-20)27(37-29)40-18(2)11-26(38-40)30(31,32)33/h3-16H,1-2H3,(H,41,42)(H,35,36,37). The van der Waals surface area contributed by atoms with Crippen LogP contribution in [-0.4, -0.2) is 48.2 Å². The van der Waals surface area contributed by atoms with Gasteiger partial charge >= 0.3 is 12.1 Å². The zero-order chi connectivity index (χ0) is 32.1. The Morgan fingerprint density at radius 1 is 0.956 bits per heavy atom. The van der Waals surface area contributed by atoms with Gasteiger partial charge in [0.2, 0.25) is 5.95 Å². The van der Waals surface area contributed by atoms with Crippen LogP contribution in [-0.2, 0) is 16.2 Å². The zero-order valence-electron chi connectivity index (χ0n) is 23.5. The summed E-state index contributed by atoms with van der Waals surface area (Å²) in [7, 11) is -3.86. The Kier molecular flexibility index (Phi) is 7.12. The van der Waals surface area contributed by atoms with Crippen molar-refractivity contribution in [3.05, 3.63) is 108 Å². The number of pyridine rings is 1. The van der Waals surface area contributed by atoms with E-state index < -0.39 is 27.9 Å². The molecule has 0 saturated heterocycles. The molecule has 11 nitrogen and oxygen atoms in total. The van der Waals surface area contributed by atoms with Crippen molar-refractivity contribution in [2.24, 2.45) is 0 Å². The normalized spacial score (nSPS) is 12.0. The first-order chi connectivity index (χ1) is 21.3. The highest BCUT2D eigenvalue weighted by atomic mass is 32.2. The summed E-state index contributed by atoms with van der Waals surface area (Å²) >= 11 is 0. The lowest BCUT2D eigenvalue weighted by Gasteiger charge is -2.13. The van der Waals surface area contributed by atoms with Gasteiger partial charge in [0.05, 0.1) is 16.0 Å². The van der Waals surface area contributed by atoms with E-state index in [1.165, 1.54) is 47.7 Å². The maximum absolute atomic E-state index is 13.5. The van der Waals surface area contributed by atoms with E-state index in [0.717, 1.165) is 22.5 Å². The Labute approximate surface area is 253 Å². The second kappa shape index (κ2) is 10.9. The molecule has 4 heterocycles. The molecule has 0 radical (unpaired) electrons. The van der Waals surface area contributed by atoms with Crippen LogP contribution in [0.4, 0.5) is 24.8 Å². The summed E-state index contributed by atoms with van der Waals surface area (Å²) < 4.78 is 69.3. The molecule has 2 aromatic carbocycles. The molecule has 0 aliphatic rings. The number of anilines is 2. The molecule has 0 saturated carbocycles. The summed E-state index contributed by atoms with van der Waals surface area (Å²) in [6.45, 7) is 3.29. The predicted octanol–water partition coefficient (Wildman–Crippen LogP) is 5.99. The van der Waals surface area contributed by atoms with Gasteiger partial charge in [0.15, 0.2) is 11.5 Å². The average molecular weight is 634 g/mol. The van der Waals surface area contributed by atoms with Crippen LogP contribution >= 0.6 is 0 Å². The number of aromatic carboxylic acids is 1. The van der Waals surface area contributed by atoms with E-state index in [2.05, 4.69) is 25.4 Å². The summed E-state index contributed by atoms with van der Waals surface area (Å²) in [5, 5.41) is 16.7. The Bertz CT molecular complexity index is 2210. The summed E-state index contributed by atoms with van der Waals surface area (Å²) in [6, 6.07) is 15.2. The van der Waals surface area contributed by atoms with Gasteiger partial charge in [-0.25, -0.2) is 26.9 Å². The highest BCUT2D eigenvalue weighted by Crippen LogP contribution is 2.33. The molecule has 15 heteroatoms. The highest BCUT2D eigenvalue weighted by molar-refractivity contribution is 7.90. The van der Waals surface area contributed by atoms with Gasteiger partial charge in [0, 0.05) is 52.7 Å². The Hall–Kier alpha value is -5.57. The summed E-state index contributed by atoms with van der Waals surface area (Å²) in [5.74, 6) is -1.30. The van der Waals surface area contributed by atoms with E-state index in [1.807, 2.05) is 6.92 Å². The number of carboxylic acid groups (broad SMARTS) is 1. The van der Waals surface area contributed by atoms with Gasteiger partial charge in [-0.2, -0.15) is 23.3 Å². The van der Waals surface area contributed by atoms with E-state index in [0.29, 0.717) is 16.6 Å². The number of carboxylic acids is 1. The van der Waals surface area contributed by atoms with Crippen LogP contribution in [0, 0.1) is 13.8 Å². The zero-order valence-corrected chi connectivity index (χ0v) is 24.3. The van der Waals surface area contributed by atoms with Gasteiger partial charge in [0.25, 0.3) is 10.0 Å². The monoisotopic (exact) mass is 633 g/mol. The van der Waals surface area contributed by atoms with Crippen molar-refractivity contribution < 1.29 is 31.5 Å². The third-order valence-electron chi connectivity index (χ3n) is 6.93. The topological polar surface area (TPSA) is 145 Å². The minimum atomic E-state index is -4.71. The molecule has 0 fully saturated rings. The van der Waals surface area contributed by atoms with Crippen molar-refractivity contribution in [2.75, 3.05) is 5.32 Å². The Morgan fingerprint density at radius 2 is 1.71 bits per heavy atom. The maximum atomic E-state index is 13.5. The molecule has 0 amide bonds. The van der Waals surface area contributed by atoms with Crippen LogP contribution in [0.15, 0.2) is 90.3 Å². The molecule has 0 unspecified atom stereocenters. The Morgan fingerprint density at radius 3 is 2.40 bits per heavy atom. The summed E-state index contributed by atoms with van der Waals surface area (Å²) in [5.41, 5.74) is 1.10. The van der Waals surface area contributed by atoms with Gasteiger partial charge in [0.1, 0.15) is 0 Å². The fourth-order valence-electron chi connectivity index (χ4n) is 4.69. The molecule has 45 heavy (non-hydrogen) atoms. The van der Waals surface area contributed by atoms with E-state index in [-0.39, 0.29) is 39.0 Å². The van der Waals surface area contributed by atoms with Crippen molar-refractivity contribution in [3.8, 4) is 16.9 Å². The number of aryl methyl sites for hydroxylation is 2. The number of nitrogens with one attached hydrogen (secondary N) is 1. The third kappa shape index (κ3) is 5.60. The molecule has 4 aromatic heterocycles. The molecule has 228 valence electrons. The van der Waals surface area contributed by atoms with Gasteiger partial charge in [-0.15, -0.1) is 0 Å². The molecular formula is C30H22F3N7O4S. The van der Waals surface area contributed by atoms with E-state index in [9.17, 15) is 31.5 Å². The lowest BCUT2D eigenvalue weighted by atomic mass is 10.1. The average Bonchev–Trinajstić information content (AvgIpc) is 3.61. The van der Waals surface area contributed by atoms with E-state index in [1.54, 1.807) is 36.4 Å². The number of hydrogen-bond donors (Lipinski definition) is 2. The molecule has 0 atom stereocenters. The van der Waals surface area contributed by atoms with Gasteiger partial charge in [-0.05, 0) is 62.4 Å². The number of halogens is 3. The molecule has 0 aliphatic carbocycles. The summed E-state index contributed by atoms with van der Waals surface area (Å²) in [4.78, 5) is 24.4. The molecular weight excluding hydrogens is 611 g/mol. The second-order valence-corrected chi connectivity index (χ2v) is 11.9. The predicted molar refractivity (Wildman–Crippen MR) is 158 cm³/mol. The minimum absolute atomic E-state index is 0.00869. The molecule has 6 rings (SSSR count). The number of nitrogens with zero attached hydrogens (tertiary/aromatic N) is 6. The molecule has 0 spiro atoms. The molecule has 2 N–H and O–H groups in total. The van der Waals surface area contributed by atoms with Crippen LogP contribution in [0.1, 0.15) is 27.3 Å². The quantitative estimate of drug-likeness (QED) is 0.216. The van der Waals surface area contributed by atoms with Gasteiger partial charge in [-0.3, -0.25) is 4.98 Å². The lowest BCUT2D eigenvalue weighted by Crippen LogP contribution is -2.11. The number of benzene rings is 2. The van der Waals surface area contributed by atoms with Crippen molar-refractivity contribution in [1.29, 1.82) is 0 Å². The van der Waals surface area contributed by atoms with Gasteiger partial charge < -0.3 is 10.4 Å². The van der Waals surface area contributed by atoms with Crippen molar-refractivity contribution >= 4 is 38.5 Å². The fourth-order valence-corrected chi connectivity index (χ4v) is 6.04. The minimum Gasteiger partial charge on any atom is -0.478 e. The van der Waals surface area contributed by atoms with Gasteiger partial charge in [-0.1, -0.05) is 17.7 Å². The smallest absolute Gasteiger partial charge is 0.435 e. The van der Waals surface area contributed by atoms with Crippen molar-refractivity contribution in [2.45, 2.75) is 24.9 Å². The number of rotatable bonds is 7. The van der Waals surface area contributed by atoms with E-state index >= 15 is 0 Å². The van der Waals surface area contributed by atoms with Crippen LogP contribution in [0.3, 0.4) is 0 Å². The molecule has 0 bridgehead atoms. The SMILES string of the molecule is Cc1ccc(S(=O)(=O)n2ccc3cc(Nc4ncc(-c5cncc(C(=O)O)c5)c(-n5nc(C(F)(F)F)cc5C)n4)ccc32)cc1. The van der Waals surface area contributed by atoms with Crippen LogP contribution in [0.5, 0.6) is 0 Å². The largest absolute Gasteiger partial charge is 0.478 e. The fraction of sp³-hybridized carbons (Fsp3) is 0.100. The van der Waals surface area contributed by atoms with E-state index in [4.69, 9.17) is 0 Å². The van der Waals surface area contributed by atoms with Crippen molar-refractivity contribution in [1.82, 2.24) is 28.7 Å². The maximum Gasteiger partial charge on any atom is 0.435 e. The van der Waals surface area contributed by atoms with Crippen LogP contribution in [0.2, 0.25) is 0 Å². The number of alkyl halides is 3. The third-order valence-corrected chi connectivity index (χ3v) is 8.64. The number of hydrogen-bond acceptors (Lipinski definition) is 8. The van der Waals surface area contributed by atoms with Crippen LogP contribution < -0.4 is 5.32 Å². The second-order valence-electron chi connectivity index (χ2n) is 10.1. The lowest BCUT2D eigenvalue weighted by molar-refractivity contribution is -0.141. The first-order valence-corrected chi connectivity index (χ1v) is 14.7. The number of fused-ring (bicyclic) bond motifs is 1. The first kappa shape index (κ1) is 29.5. The van der Waals surface area contributed by atoms with Crippen molar-refractivity contribution in [3.63, 3.8) is 0 Å². The number of carbonyl (C=O) groups is 1. The first-order valence-electron chi connectivity index (χ1n) is 13.2.